The standard InChI is InChI=1S/C2H7NO.C2H2O4.Ag/c3-1-2-4;3-1(4)2(5)6;/h4H,1-3H2;(H,3,4)(H,5,6);/p-2. The summed E-state index contributed by atoms with van der Waals surface area (Å²) in [6.07, 6.45) is 0. The largest absolute Gasteiger partial charge is 0.543 e. The second kappa shape index (κ2) is 12.3. The maximum absolute atomic E-state index is 8.93. The number of aliphatic hydroxyl groups excluding tert-OH is 1. The van der Waals surface area contributed by atoms with Crippen molar-refractivity contribution in [3.63, 3.8) is 0 Å². The van der Waals surface area contributed by atoms with E-state index >= 15 is 0 Å². The van der Waals surface area contributed by atoms with Gasteiger partial charge in [0, 0.05) is 28.9 Å². The summed E-state index contributed by atoms with van der Waals surface area (Å²) < 4.78 is 0. The van der Waals surface area contributed by atoms with Gasteiger partial charge in [0.15, 0.2) is 0 Å². The van der Waals surface area contributed by atoms with Gasteiger partial charge in [0.2, 0.25) is 0 Å². The number of carboxylic acid groups (broad SMARTS) is 2. The second-order valence-electron chi connectivity index (χ2n) is 1.09. The average molecular weight is 257 g/mol. The van der Waals surface area contributed by atoms with Gasteiger partial charge in [-0.25, -0.2) is 0 Å². The molecule has 0 aromatic rings. The molecule has 0 aliphatic heterocycles. The van der Waals surface area contributed by atoms with Crippen LogP contribution in [0.15, 0.2) is 0 Å². The Bertz CT molecular complexity index is 103. The minimum absolute atomic E-state index is 0. The maximum Gasteiger partial charge on any atom is 0.0870 e. The number of hydrogen-bond acceptors (Lipinski definition) is 6. The van der Waals surface area contributed by atoms with E-state index in [0.717, 1.165) is 0 Å². The molecule has 0 atom stereocenters. The van der Waals surface area contributed by atoms with E-state index in [1.165, 1.54) is 0 Å². The molecule has 0 spiro atoms. The van der Waals surface area contributed by atoms with E-state index in [9.17, 15) is 0 Å². The SMILES string of the molecule is NCCO.O=C([O-])C(=O)[O-].[Ag]. The summed E-state index contributed by atoms with van der Waals surface area (Å²) in [5, 5.41) is 25.6. The van der Waals surface area contributed by atoms with Gasteiger partial charge in [0.1, 0.15) is 0 Å². The molecule has 0 heterocycles. The molecule has 0 aromatic heterocycles. The van der Waals surface area contributed by atoms with E-state index in [1.807, 2.05) is 0 Å². The van der Waals surface area contributed by atoms with Crippen molar-refractivity contribution in [1.82, 2.24) is 0 Å². The number of carbonyl (C=O) groups excluding carboxylic acids is 2. The van der Waals surface area contributed by atoms with E-state index in [4.69, 9.17) is 30.6 Å². The van der Waals surface area contributed by atoms with Crippen molar-refractivity contribution in [3.8, 4) is 0 Å². The number of rotatable bonds is 1. The smallest absolute Gasteiger partial charge is 0.0870 e. The molecule has 0 aromatic carbocycles. The van der Waals surface area contributed by atoms with Gasteiger partial charge >= 0.3 is 0 Å². The van der Waals surface area contributed by atoms with Crippen LogP contribution in [0.2, 0.25) is 0 Å². The predicted molar refractivity (Wildman–Crippen MR) is 26.2 cm³/mol. The van der Waals surface area contributed by atoms with Crippen molar-refractivity contribution < 1.29 is 47.3 Å². The second-order valence-corrected chi connectivity index (χ2v) is 1.09. The number of hydrogen-bond donors (Lipinski definition) is 2. The number of nitrogens with two attached hydrogens (primary N) is 1. The van der Waals surface area contributed by atoms with E-state index in [1.54, 1.807) is 0 Å². The normalized spacial score (nSPS) is 6.73. The van der Waals surface area contributed by atoms with Crippen LogP contribution in [0.1, 0.15) is 0 Å². The van der Waals surface area contributed by atoms with Crippen LogP contribution in [0.5, 0.6) is 0 Å². The first kappa shape index (κ1) is 16.9. The van der Waals surface area contributed by atoms with Gasteiger partial charge in [-0.3, -0.25) is 0 Å². The molecule has 0 aliphatic rings. The average Bonchev–Trinajstić information content (AvgIpc) is 1.89. The molecule has 6 nitrogen and oxygen atoms in total. The van der Waals surface area contributed by atoms with Crippen LogP contribution in [0.25, 0.3) is 0 Å². The van der Waals surface area contributed by atoms with Gasteiger partial charge in [-0.1, -0.05) is 0 Å². The third kappa shape index (κ3) is 26.2. The minimum atomic E-state index is -2.19. The van der Waals surface area contributed by atoms with E-state index in [-0.39, 0.29) is 29.0 Å². The third-order valence-electron chi connectivity index (χ3n) is 0.296. The molecule has 0 amide bonds. The summed E-state index contributed by atoms with van der Waals surface area (Å²) >= 11 is 0. The maximum atomic E-state index is 8.93. The zero-order chi connectivity index (χ0) is 8.57. The first-order valence-electron chi connectivity index (χ1n) is 2.29. The van der Waals surface area contributed by atoms with Crippen LogP contribution >= 0.6 is 0 Å². The Hall–Kier alpha value is -0.400. The van der Waals surface area contributed by atoms with E-state index < -0.39 is 11.9 Å². The molecule has 0 aliphatic carbocycles. The number of carbonyl (C=O) groups is 2. The zero-order valence-electron chi connectivity index (χ0n) is 5.37. The van der Waals surface area contributed by atoms with Gasteiger partial charge in [-0.15, -0.1) is 0 Å². The van der Waals surface area contributed by atoms with Gasteiger partial charge in [-0.05, 0) is 0 Å². The molecule has 0 fully saturated rings. The number of carboxylic acids is 2. The summed E-state index contributed by atoms with van der Waals surface area (Å²) in [6, 6.07) is 0. The first-order chi connectivity index (χ1) is 4.56. The van der Waals surface area contributed by atoms with Crippen LogP contribution in [0.3, 0.4) is 0 Å². The Morgan fingerprint density at radius 1 is 1.27 bits per heavy atom. The predicted octanol–water partition coefficient (Wildman–Crippen LogP) is -4.58. The van der Waals surface area contributed by atoms with Crippen molar-refractivity contribution in [2.45, 2.75) is 0 Å². The van der Waals surface area contributed by atoms with E-state index in [0.29, 0.717) is 6.54 Å². The molecular weight excluding hydrogens is 250 g/mol. The molecule has 7 heteroatoms. The zero-order valence-corrected chi connectivity index (χ0v) is 6.86. The Kier molecular flexibility index (Phi) is 18.9. The first-order valence-corrected chi connectivity index (χ1v) is 2.29. The summed E-state index contributed by atoms with van der Waals surface area (Å²) in [6.45, 7) is 0.472. The van der Waals surface area contributed by atoms with Crippen molar-refractivity contribution in [1.29, 1.82) is 0 Å². The fourth-order valence-corrected chi connectivity index (χ4v) is 0. The van der Waals surface area contributed by atoms with Crippen LogP contribution in [-0.2, 0) is 32.0 Å². The quantitative estimate of drug-likeness (QED) is 0.359. The number of aliphatic hydroxyl groups is 1. The van der Waals surface area contributed by atoms with Crippen molar-refractivity contribution in [3.05, 3.63) is 0 Å². The van der Waals surface area contributed by atoms with Gasteiger partial charge < -0.3 is 30.6 Å². The molecule has 0 saturated carbocycles. The molecule has 0 rings (SSSR count). The van der Waals surface area contributed by atoms with Gasteiger partial charge in [0.05, 0.1) is 18.5 Å². The van der Waals surface area contributed by atoms with Crippen molar-refractivity contribution >= 4 is 11.9 Å². The van der Waals surface area contributed by atoms with Gasteiger partial charge in [0.25, 0.3) is 0 Å². The molecule has 0 saturated heterocycles. The molecular formula is C4H7AgNO5-2. The summed E-state index contributed by atoms with van der Waals surface area (Å²) in [7, 11) is 0. The topological polar surface area (TPSA) is 127 Å². The minimum Gasteiger partial charge on any atom is -0.543 e. The monoisotopic (exact) mass is 256 g/mol. The molecule has 11 heavy (non-hydrogen) atoms. The van der Waals surface area contributed by atoms with Crippen molar-refractivity contribution in [2.75, 3.05) is 13.2 Å². The Morgan fingerprint density at radius 3 is 1.45 bits per heavy atom. The fraction of sp³-hybridized carbons (Fsp3) is 0.500. The van der Waals surface area contributed by atoms with E-state index in [2.05, 4.69) is 0 Å². The molecule has 71 valence electrons. The molecule has 0 unspecified atom stereocenters. The third-order valence-corrected chi connectivity index (χ3v) is 0.296. The van der Waals surface area contributed by atoms with Crippen LogP contribution in [-0.4, -0.2) is 30.2 Å². The molecule has 1 radical (unpaired) electrons. The summed E-state index contributed by atoms with van der Waals surface area (Å²) in [5.41, 5.74) is 4.78. The molecule has 0 bridgehead atoms. The van der Waals surface area contributed by atoms with Crippen molar-refractivity contribution in [2.24, 2.45) is 5.73 Å². The Labute approximate surface area is 78.5 Å². The summed E-state index contributed by atoms with van der Waals surface area (Å²) in [4.78, 5) is 17.9. The Morgan fingerprint density at radius 2 is 1.45 bits per heavy atom. The molecule has 3 N–H and O–H groups in total. The fourth-order valence-electron chi connectivity index (χ4n) is 0. The summed E-state index contributed by atoms with van der Waals surface area (Å²) in [5.74, 6) is -4.37. The van der Waals surface area contributed by atoms with Gasteiger partial charge in [-0.2, -0.15) is 0 Å². The number of aliphatic carboxylic acids is 2. The van der Waals surface area contributed by atoms with Crippen LogP contribution in [0, 0.1) is 0 Å². The Balaban J connectivity index is -0.000000114. The van der Waals surface area contributed by atoms with Crippen LogP contribution < -0.4 is 15.9 Å². The van der Waals surface area contributed by atoms with Crippen LogP contribution in [0.4, 0.5) is 0 Å².